The lowest BCUT2D eigenvalue weighted by Gasteiger charge is -2.27. The number of nitrogens with one attached hydrogen (secondary N) is 1. The molecule has 0 aliphatic rings. The van der Waals surface area contributed by atoms with E-state index in [0.29, 0.717) is 23.9 Å². The topological polar surface area (TPSA) is 111 Å². The quantitative estimate of drug-likeness (QED) is 0.0156. The van der Waals surface area contributed by atoms with Crippen molar-refractivity contribution in [2.75, 3.05) is 40.9 Å². The fraction of sp³-hybridized carbons (Fsp3) is 0.786. The van der Waals surface area contributed by atoms with E-state index in [9.17, 15) is 19.0 Å². The first-order valence-electron chi connectivity index (χ1n) is 27.1. The average molecular weight is 948 g/mol. The second-order valence-electron chi connectivity index (χ2n) is 19.4. The average Bonchev–Trinajstić information content (AvgIpc) is 3.27. The van der Waals surface area contributed by atoms with Gasteiger partial charge in [0.2, 0.25) is 5.91 Å². The summed E-state index contributed by atoms with van der Waals surface area (Å²) >= 11 is 0. The number of nitrogens with zero attached hydrogens (tertiary/aromatic N) is 1. The zero-order chi connectivity index (χ0) is 48.7. The molecule has 9 nitrogen and oxygen atoms in total. The summed E-state index contributed by atoms with van der Waals surface area (Å²) < 4.78 is 30.5. The first-order valence-corrected chi connectivity index (χ1v) is 28.6. The molecule has 2 N–H and O–H groups in total. The SMILES string of the molecule is CC/C=C/C=C/C=C/CCCCCCCCCC(=O)NC(COP(=O)(O)OCC[N+](C)(C)C)C(/C=C/CCCCCCCCCCC)OC(=O)CCCCC/C=C\CCCCCCCCC. The molecule has 0 aromatic heterocycles. The molecule has 0 saturated heterocycles. The summed E-state index contributed by atoms with van der Waals surface area (Å²) in [6.45, 7) is 6.84. The minimum Gasteiger partial charge on any atom is -0.456 e. The zero-order valence-corrected chi connectivity index (χ0v) is 44.6. The summed E-state index contributed by atoms with van der Waals surface area (Å²) in [4.78, 5) is 37.4. The fourth-order valence-electron chi connectivity index (χ4n) is 7.52. The molecule has 0 bridgehead atoms. The van der Waals surface area contributed by atoms with Gasteiger partial charge in [0.15, 0.2) is 0 Å². The van der Waals surface area contributed by atoms with Crippen LogP contribution in [0.1, 0.15) is 233 Å². The van der Waals surface area contributed by atoms with Crippen LogP contribution in [0.25, 0.3) is 0 Å². The number of hydrogen-bond donors (Lipinski definition) is 2. The van der Waals surface area contributed by atoms with Crippen LogP contribution in [0.4, 0.5) is 0 Å². The number of amides is 1. The summed E-state index contributed by atoms with van der Waals surface area (Å²) in [5.41, 5.74) is 0. The van der Waals surface area contributed by atoms with E-state index in [1.807, 2.05) is 33.3 Å². The lowest BCUT2D eigenvalue weighted by atomic mass is 10.1. The minimum atomic E-state index is -4.45. The molecule has 0 aliphatic carbocycles. The third kappa shape index (κ3) is 46.8. The van der Waals surface area contributed by atoms with Crippen molar-refractivity contribution in [3.8, 4) is 0 Å². The Morgan fingerprint density at radius 2 is 0.985 bits per heavy atom. The van der Waals surface area contributed by atoms with Gasteiger partial charge >= 0.3 is 13.8 Å². The Balaban J connectivity index is 5.41. The molecule has 66 heavy (non-hydrogen) atoms. The summed E-state index contributed by atoms with van der Waals surface area (Å²) in [6.07, 6.45) is 56.4. The molecule has 0 heterocycles. The van der Waals surface area contributed by atoms with Gasteiger partial charge in [0.05, 0.1) is 33.8 Å². The van der Waals surface area contributed by atoms with Crippen molar-refractivity contribution in [2.45, 2.75) is 245 Å². The molecule has 3 atom stereocenters. The van der Waals surface area contributed by atoms with Crippen LogP contribution in [0.15, 0.2) is 60.8 Å². The highest BCUT2D eigenvalue weighted by Crippen LogP contribution is 2.43. The minimum absolute atomic E-state index is 0.0339. The Morgan fingerprint density at radius 1 is 0.545 bits per heavy atom. The van der Waals surface area contributed by atoms with Crippen LogP contribution < -0.4 is 5.32 Å². The van der Waals surface area contributed by atoms with Gasteiger partial charge in [-0.25, -0.2) is 4.57 Å². The lowest BCUT2D eigenvalue weighted by molar-refractivity contribution is -0.870. The van der Waals surface area contributed by atoms with E-state index in [1.165, 1.54) is 109 Å². The van der Waals surface area contributed by atoms with Gasteiger partial charge in [-0.3, -0.25) is 18.6 Å². The van der Waals surface area contributed by atoms with Crippen molar-refractivity contribution in [2.24, 2.45) is 0 Å². The van der Waals surface area contributed by atoms with Crippen LogP contribution in [0.5, 0.6) is 0 Å². The van der Waals surface area contributed by atoms with Crippen LogP contribution >= 0.6 is 7.82 Å². The molecule has 3 unspecified atom stereocenters. The highest BCUT2D eigenvalue weighted by atomic mass is 31.2. The molecular formula is C56H104N2O7P+. The molecule has 10 heteroatoms. The fourth-order valence-corrected chi connectivity index (χ4v) is 8.26. The molecule has 1 amide bonds. The Labute approximate surface area is 407 Å². The third-order valence-corrected chi connectivity index (χ3v) is 12.7. The van der Waals surface area contributed by atoms with Gasteiger partial charge in [0.1, 0.15) is 19.3 Å². The first-order chi connectivity index (χ1) is 31.9. The van der Waals surface area contributed by atoms with Crippen LogP contribution in [0.3, 0.4) is 0 Å². The Kier molecular flexibility index (Phi) is 44.8. The molecule has 0 saturated carbocycles. The van der Waals surface area contributed by atoms with E-state index < -0.39 is 20.0 Å². The van der Waals surface area contributed by atoms with Gasteiger partial charge in [-0.1, -0.05) is 204 Å². The number of phosphoric ester groups is 1. The van der Waals surface area contributed by atoms with Gasteiger partial charge in [-0.05, 0) is 76.7 Å². The van der Waals surface area contributed by atoms with Crippen LogP contribution in [0, 0.1) is 0 Å². The van der Waals surface area contributed by atoms with Crippen molar-refractivity contribution in [3.63, 3.8) is 0 Å². The second kappa shape index (κ2) is 46.4. The molecular weight excluding hydrogens is 844 g/mol. The van der Waals surface area contributed by atoms with E-state index in [4.69, 9.17) is 13.8 Å². The van der Waals surface area contributed by atoms with Gasteiger partial charge < -0.3 is 19.4 Å². The number of rotatable bonds is 48. The molecule has 0 spiro atoms. The number of allylic oxidation sites excluding steroid dienone is 9. The highest BCUT2D eigenvalue weighted by molar-refractivity contribution is 7.47. The molecule has 0 aliphatic heterocycles. The van der Waals surface area contributed by atoms with Crippen molar-refractivity contribution < 1.29 is 37.3 Å². The van der Waals surface area contributed by atoms with Crippen LogP contribution in [-0.2, 0) is 27.9 Å². The van der Waals surface area contributed by atoms with Crippen molar-refractivity contribution in [1.82, 2.24) is 5.32 Å². The van der Waals surface area contributed by atoms with Gasteiger partial charge in [0, 0.05) is 12.8 Å². The van der Waals surface area contributed by atoms with Gasteiger partial charge in [-0.15, -0.1) is 0 Å². The zero-order valence-electron chi connectivity index (χ0n) is 43.7. The molecule has 0 rings (SSSR count). The molecule has 0 aromatic rings. The summed E-state index contributed by atoms with van der Waals surface area (Å²) in [7, 11) is 1.47. The predicted octanol–water partition coefficient (Wildman–Crippen LogP) is 15.9. The number of carbonyl (C=O) groups is 2. The Bertz CT molecular complexity index is 1320. The van der Waals surface area contributed by atoms with Gasteiger partial charge in [-0.2, -0.15) is 0 Å². The second-order valence-corrected chi connectivity index (χ2v) is 20.9. The number of unbranched alkanes of at least 4 members (excludes halogenated alkanes) is 26. The maximum absolute atomic E-state index is 13.4. The number of carbonyl (C=O) groups excluding carboxylic acids is 2. The smallest absolute Gasteiger partial charge is 0.456 e. The van der Waals surface area contributed by atoms with Crippen LogP contribution in [0.2, 0.25) is 0 Å². The van der Waals surface area contributed by atoms with E-state index in [1.54, 1.807) is 0 Å². The number of likely N-dealkylation sites (N-methyl/N-ethyl adjacent to an activating group) is 1. The number of hydrogen-bond acceptors (Lipinski definition) is 6. The lowest BCUT2D eigenvalue weighted by Crippen LogP contribution is -2.47. The van der Waals surface area contributed by atoms with Crippen molar-refractivity contribution >= 4 is 19.7 Å². The number of esters is 1. The van der Waals surface area contributed by atoms with Crippen molar-refractivity contribution in [1.29, 1.82) is 0 Å². The summed E-state index contributed by atoms with van der Waals surface area (Å²) in [5.74, 6) is -0.540. The van der Waals surface area contributed by atoms with Gasteiger partial charge in [0.25, 0.3) is 0 Å². The normalized spacial score (nSPS) is 14.3. The molecule has 0 radical (unpaired) electrons. The standard InChI is InChI=1S/C56H103N2O7P/c1-7-10-13-16-19-22-25-27-29-30-33-36-39-42-45-48-55(59)57-53(52-64-66(61,62)63-51-50-58(4,5)6)54(47-44-41-38-35-32-24-21-18-15-12-9-3)65-56(60)49-46-43-40-37-34-31-28-26-23-20-17-14-11-8-2/h10,13,16,19,22,25,31,34,44,47,53-54H,7-9,11-12,14-15,17-18,20-21,23-24,26-30,32-33,35-43,45-46,48-52H2,1-6H3,(H-,57,59,61,62)/p+1/b13-10+,19-16+,25-22+,34-31-,47-44+. The number of quaternary nitrogens is 1. The molecule has 0 aromatic carbocycles. The Hall–Kier alpha value is -2.29. The van der Waals surface area contributed by atoms with E-state index in [0.717, 1.165) is 83.5 Å². The maximum atomic E-state index is 13.4. The summed E-state index contributed by atoms with van der Waals surface area (Å²) in [5, 5.41) is 3.03. The van der Waals surface area contributed by atoms with Crippen LogP contribution in [-0.4, -0.2) is 74.3 Å². The molecule has 384 valence electrons. The number of phosphoric acid groups is 1. The molecule has 0 fully saturated rings. The monoisotopic (exact) mass is 948 g/mol. The first kappa shape index (κ1) is 63.7. The van der Waals surface area contributed by atoms with E-state index in [2.05, 4.69) is 74.7 Å². The maximum Gasteiger partial charge on any atom is 0.472 e. The third-order valence-electron chi connectivity index (χ3n) is 11.8. The summed E-state index contributed by atoms with van der Waals surface area (Å²) in [6, 6.07) is -0.859. The van der Waals surface area contributed by atoms with Crippen molar-refractivity contribution in [3.05, 3.63) is 60.8 Å². The number of ether oxygens (including phenoxy) is 1. The van der Waals surface area contributed by atoms with E-state index in [-0.39, 0.29) is 31.5 Å². The largest absolute Gasteiger partial charge is 0.472 e. The predicted molar refractivity (Wildman–Crippen MR) is 282 cm³/mol. The van der Waals surface area contributed by atoms with E-state index >= 15 is 0 Å². The highest BCUT2D eigenvalue weighted by Gasteiger charge is 2.30. The Morgan fingerprint density at radius 3 is 1.50 bits per heavy atom.